The fraction of sp³-hybridized carbons (Fsp3) is 0.150. The van der Waals surface area contributed by atoms with Gasteiger partial charge in [0, 0.05) is 25.7 Å². The van der Waals surface area contributed by atoms with Gasteiger partial charge in [-0.3, -0.25) is 0 Å². The van der Waals surface area contributed by atoms with Gasteiger partial charge in [-0.15, -0.1) is 0 Å². The Labute approximate surface area is 167 Å². The molecule has 0 spiro atoms. The van der Waals surface area contributed by atoms with Crippen molar-refractivity contribution in [3.63, 3.8) is 0 Å². The molecule has 2 heterocycles. The number of anilines is 2. The summed E-state index contributed by atoms with van der Waals surface area (Å²) >= 11 is 0. The number of allylic oxidation sites excluding steroid dienone is 1. The Balaban J connectivity index is 1.90. The third kappa shape index (κ3) is 4.39. The minimum atomic E-state index is -0.410. The first-order chi connectivity index (χ1) is 13.9. The van der Waals surface area contributed by atoms with Crippen LogP contribution in [0.1, 0.15) is 21.9 Å². The molecule has 0 fully saturated rings. The Morgan fingerprint density at radius 1 is 1.17 bits per heavy atom. The topological polar surface area (TPSA) is 131 Å². The number of ether oxygens (including phenoxy) is 1. The van der Waals surface area contributed by atoms with Crippen LogP contribution in [-0.2, 0) is 4.74 Å². The summed E-state index contributed by atoms with van der Waals surface area (Å²) in [5, 5.41) is 9.53. The maximum Gasteiger partial charge on any atom is 0.337 e. The Morgan fingerprint density at radius 2 is 1.90 bits per heavy atom. The standard InChI is InChI=1S/C20H18N6O3/c1-26(2)20-24-17(23-19(22)25-20)14(11-21)10-15-8-9-16(29-15)12-4-6-13(7-5-12)18(27)28-3/h4-10H,1-3H3,(H2,22,23,24,25)/b14-10-. The van der Waals surface area contributed by atoms with Gasteiger partial charge in [0.2, 0.25) is 11.9 Å². The van der Waals surface area contributed by atoms with Crippen molar-refractivity contribution < 1.29 is 13.9 Å². The van der Waals surface area contributed by atoms with Crippen LogP contribution in [0, 0.1) is 11.3 Å². The largest absolute Gasteiger partial charge is 0.465 e. The average molecular weight is 390 g/mol. The van der Waals surface area contributed by atoms with E-state index < -0.39 is 5.97 Å². The molecule has 1 aromatic carbocycles. The molecule has 2 aromatic heterocycles. The highest BCUT2D eigenvalue weighted by atomic mass is 16.5. The zero-order valence-electron chi connectivity index (χ0n) is 16.1. The lowest BCUT2D eigenvalue weighted by Gasteiger charge is -2.10. The fourth-order valence-corrected chi connectivity index (χ4v) is 2.46. The van der Waals surface area contributed by atoms with Gasteiger partial charge in [0.15, 0.2) is 5.82 Å². The van der Waals surface area contributed by atoms with Crippen molar-refractivity contribution in [1.82, 2.24) is 15.0 Å². The number of carbonyl (C=O) groups is 1. The molecule has 29 heavy (non-hydrogen) atoms. The number of hydrogen-bond acceptors (Lipinski definition) is 9. The molecule has 0 bridgehead atoms. The first-order valence-electron chi connectivity index (χ1n) is 8.51. The van der Waals surface area contributed by atoms with E-state index in [2.05, 4.69) is 25.8 Å². The molecule has 0 atom stereocenters. The van der Waals surface area contributed by atoms with Crippen molar-refractivity contribution in [2.24, 2.45) is 0 Å². The van der Waals surface area contributed by atoms with Crippen LogP contribution in [0.4, 0.5) is 11.9 Å². The van der Waals surface area contributed by atoms with Crippen molar-refractivity contribution in [1.29, 1.82) is 5.26 Å². The van der Waals surface area contributed by atoms with Crippen LogP contribution in [0.3, 0.4) is 0 Å². The number of nitriles is 1. The molecule has 0 radical (unpaired) electrons. The zero-order valence-corrected chi connectivity index (χ0v) is 16.1. The molecule has 0 aliphatic heterocycles. The third-order valence-corrected chi connectivity index (χ3v) is 3.91. The minimum Gasteiger partial charge on any atom is -0.465 e. The lowest BCUT2D eigenvalue weighted by molar-refractivity contribution is 0.0600. The van der Waals surface area contributed by atoms with E-state index in [4.69, 9.17) is 10.2 Å². The lowest BCUT2D eigenvalue weighted by atomic mass is 10.1. The number of methoxy groups -OCH3 is 1. The molecule has 9 nitrogen and oxygen atoms in total. The number of benzene rings is 1. The first kappa shape index (κ1) is 19.6. The summed E-state index contributed by atoms with van der Waals surface area (Å²) in [4.78, 5) is 25.5. The second-order valence-electron chi connectivity index (χ2n) is 6.15. The monoisotopic (exact) mass is 390 g/mol. The molecule has 9 heteroatoms. The van der Waals surface area contributed by atoms with E-state index in [-0.39, 0.29) is 17.3 Å². The molecular weight excluding hydrogens is 372 g/mol. The van der Waals surface area contributed by atoms with E-state index >= 15 is 0 Å². The summed E-state index contributed by atoms with van der Waals surface area (Å²) < 4.78 is 10.5. The quantitative estimate of drug-likeness (QED) is 0.516. The molecule has 0 saturated carbocycles. The highest BCUT2D eigenvalue weighted by molar-refractivity contribution is 5.90. The van der Waals surface area contributed by atoms with Gasteiger partial charge < -0.3 is 19.8 Å². The Hall–Kier alpha value is -4.19. The van der Waals surface area contributed by atoms with Crippen molar-refractivity contribution in [2.45, 2.75) is 0 Å². The smallest absolute Gasteiger partial charge is 0.337 e. The third-order valence-electron chi connectivity index (χ3n) is 3.91. The van der Waals surface area contributed by atoms with Gasteiger partial charge in [0.25, 0.3) is 0 Å². The number of aromatic nitrogens is 3. The van der Waals surface area contributed by atoms with Gasteiger partial charge in [0.1, 0.15) is 23.2 Å². The van der Waals surface area contributed by atoms with Crippen LogP contribution >= 0.6 is 0 Å². The van der Waals surface area contributed by atoms with Crippen LogP contribution in [0.15, 0.2) is 40.8 Å². The molecular formula is C20H18N6O3. The molecule has 3 aromatic rings. The van der Waals surface area contributed by atoms with E-state index in [1.165, 1.54) is 13.2 Å². The molecule has 2 N–H and O–H groups in total. The number of nitrogen functional groups attached to an aromatic ring is 1. The maximum absolute atomic E-state index is 11.5. The van der Waals surface area contributed by atoms with Gasteiger partial charge in [-0.2, -0.15) is 20.2 Å². The fourth-order valence-electron chi connectivity index (χ4n) is 2.46. The molecule has 0 aliphatic rings. The molecule has 146 valence electrons. The van der Waals surface area contributed by atoms with Gasteiger partial charge >= 0.3 is 5.97 Å². The highest BCUT2D eigenvalue weighted by Gasteiger charge is 2.13. The number of furan rings is 1. The number of nitrogens with two attached hydrogens (primary N) is 1. The van der Waals surface area contributed by atoms with Crippen molar-refractivity contribution in [3.8, 4) is 17.4 Å². The van der Waals surface area contributed by atoms with Crippen LogP contribution in [-0.4, -0.2) is 42.1 Å². The van der Waals surface area contributed by atoms with Gasteiger partial charge in [-0.05, 0) is 24.3 Å². The van der Waals surface area contributed by atoms with Crippen molar-refractivity contribution in [2.75, 3.05) is 31.8 Å². The molecule has 0 unspecified atom stereocenters. The molecule has 0 saturated heterocycles. The van der Waals surface area contributed by atoms with E-state index in [0.717, 1.165) is 5.56 Å². The molecule has 3 rings (SSSR count). The summed E-state index contributed by atoms with van der Waals surface area (Å²) in [6.07, 6.45) is 1.53. The van der Waals surface area contributed by atoms with E-state index in [0.29, 0.717) is 23.0 Å². The minimum absolute atomic E-state index is 0.0191. The predicted molar refractivity (Wildman–Crippen MR) is 108 cm³/mol. The molecule has 0 aliphatic carbocycles. The second kappa shape index (κ2) is 8.22. The summed E-state index contributed by atoms with van der Waals surface area (Å²) in [7, 11) is 4.85. The second-order valence-corrected chi connectivity index (χ2v) is 6.15. The number of carbonyl (C=O) groups excluding carboxylic acids is 1. The van der Waals surface area contributed by atoms with Gasteiger partial charge in [0.05, 0.1) is 12.7 Å². The van der Waals surface area contributed by atoms with Crippen LogP contribution < -0.4 is 10.6 Å². The van der Waals surface area contributed by atoms with Gasteiger partial charge in [-0.1, -0.05) is 12.1 Å². The number of hydrogen-bond donors (Lipinski definition) is 1. The first-order valence-corrected chi connectivity index (χ1v) is 8.51. The average Bonchev–Trinajstić information content (AvgIpc) is 3.19. The van der Waals surface area contributed by atoms with Crippen molar-refractivity contribution >= 4 is 29.5 Å². The predicted octanol–water partition coefficient (Wildman–Crippen LogP) is 2.63. The number of esters is 1. The van der Waals surface area contributed by atoms with Crippen LogP contribution in [0.2, 0.25) is 0 Å². The van der Waals surface area contributed by atoms with E-state index in [9.17, 15) is 10.1 Å². The summed E-state index contributed by atoms with van der Waals surface area (Å²) in [6.45, 7) is 0. The SMILES string of the molecule is COC(=O)c1ccc(-c2ccc(/C=C(/C#N)c3nc(N)nc(N(C)C)n3)o2)cc1. The lowest BCUT2D eigenvalue weighted by Crippen LogP contribution is -2.15. The van der Waals surface area contributed by atoms with Crippen molar-refractivity contribution in [3.05, 3.63) is 53.5 Å². The van der Waals surface area contributed by atoms with Crippen LogP contribution in [0.5, 0.6) is 0 Å². The highest BCUT2D eigenvalue weighted by Crippen LogP contribution is 2.25. The normalized spacial score (nSPS) is 11.0. The van der Waals surface area contributed by atoms with E-state index in [1.807, 2.05) is 0 Å². The summed E-state index contributed by atoms with van der Waals surface area (Å²) in [5.41, 5.74) is 7.13. The molecule has 0 amide bonds. The Morgan fingerprint density at radius 3 is 2.52 bits per heavy atom. The maximum atomic E-state index is 11.5. The Kier molecular flexibility index (Phi) is 5.55. The number of rotatable bonds is 5. The summed E-state index contributed by atoms with van der Waals surface area (Å²) in [5.74, 6) is 1.13. The van der Waals surface area contributed by atoms with Gasteiger partial charge in [-0.25, -0.2) is 4.79 Å². The Bertz CT molecular complexity index is 1110. The zero-order chi connectivity index (χ0) is 21.0. The van der Waals surface area contributed by atoms with Crippen LogP contribution in [0.25, 0.3) is 23.0 Å². The summed E-state index contributed by atoms with van der Waals surface area (Å²) in [6, 6.07) is 12.3. The van der Waals surface area contributed by atoms with E-state index in [1.54, 1.807) is 55.4 Å². The number of nitrogens with zero attached hydrogens (tertiary/aromatic N) is 5.